The van der Waals surface area contributed by atoms with Crippen molar-refractivity contribution in [3.05, 3.63) is 72.8 Å². The lowest BCUT2D eigenvalue weighted by molar-refractivity contribution is -0.397. The number of rotatable bonds is 14. The molecule has 0 aliphatic rings. The molecule has 0 spiro atoms. The summed E-state index contributed by atoms with van der Waals surface area (Å²) in [6.07, 6.45) is -22.3. The van der Waals surface area contributed by atoms with E-state index in [2.05, 4.69) is 14.2 Å². The lowest BCUT2D eigenvalue weighted by Crippen LogP contribution is -2.62. The number of benzene rings is 3. The van der Waals surface area contributed by atoms with Crippen molar-refractivity contribution < 1.29 is 84.9 Å². The second-order valence-corrected chi connectivity index (χ2v) is 15.1. The number of hydrogen-bond donors (Lipinski definition) is 0. The maximum Gasteiger partial charge on any atom is 0.432 e. The van der Waals surface area contributed by atoms with Gasteiger partial charge in [0, 0.05) is 7.11 Å². The van der Waals surface area contributed by atoms with Crippen molar-refractivity contribution in [2.45, 2.75) is 76.5 Å². The Morgan fingerprint density at radius 2 is 1.08 bits per heavy atom. The smallest absolute Gasteiger partial charge is 0.432 e. The quantitative estimate of drug-likeness (QED) is 0.0695. The minimum absolute atomic E-state index is 0.262. The lowest BCUT2D eigenvalue weighted by Gasteiger charge is -2.36. The van der Waals surface area contributed by atoms with E-state index >= 15 is 0 Å². The highest BCUT2D eigenvalue weighted by Gasteiger charge is 2.73. The second-order valence-electron chi connectivity index (χ2n) is 11.7. The summed E-state index contributed by atoms with van der Waals surface area (Å²) in [5.74, 6) is -0.923. The summed E-state index contributed by atoms with van der Waals surface area (Å²) in [5.41, 5.74) is -5.36. The van der Waals surface area contributed by atoms with Crippen LogP contribution in [0.2, 0.25) is 0 Å². The van der Waals surface area contributed by atoms with Crippen LogP contribution in [0, 0.1) is 0 Å². The maximum absolute atomic E-state index is 14.0. The molecule has 0 fully saturated rings. The summed E-state index contributed by atoms with van der Waals surface area (Å²) in [7, 11) is -7.26. The van der Waals surface area contributed by atoms with Crippen LogP contribution in [-0.2, 0) is 30.5 Å². The molecule has 52 heavy (non-hydrogen) atoms. The van der Waals surface area contributed by atoms with Gasteiger partial charge in [0.1, 0.15) is 36.2 Å². The van der Waals surface area contributed by atoms with Gasteiger partial charge in [-0.3, -0.25) is 0 Å². The summed E-state index contributed by atoms with van der Waals surface area (Å²) in [6, 6.07) is 14.8. The highest BCUT2D eigenvalue weighted by Crippen LogP contribution is 2.46. The average molecular weight is 803 g/mol. The van der Waals surface area contributed by atoms with Gasteiger partial charge in [0.15, 0.2) is 24.8 Å². The van der Waals surface area contributed by atoms with E-state index in [9.17, 15) is 61.3 Å². The van der Waals surface area contributed by atoms with E-state index in [0.29, 0.717) is 15.5 Å². The highest BCUT2D eigenvalue weighted by molar-refractivity contribution is 7.97. The predicted molar refractivity (Wildman–Crippen MR) is 160 cm³/mol. The minimum atomic E-state index is -6.82. The zero-order valence-corrected chi connectivity index (χ0v) is 28.8. The fourth-order valence-corrected chi connectivity index (χ4v) is 6.68. The van der Waals surface area contributed by atoms with Crippen LogP contribution in [0.4, 0.5) is 48.3 Å². The Morgan fingerprint density at radius 1 is 0.673 bits per heavy atom. The Kier molecular flexibility index (Phi) is 12.7. The fraction of sp³-hybridized carbons (Fsp3) is 0.419. The highest BCUT2D eigenvalue weighted by atomic mass is 32.2. The number of alkyl halides is 11. The molecule has 3 aromatic carbocycles. The van der Waals surface area contributed by atoms with Gasteiger partial charge < -0.3 is 28.2 Å². The van der Waals surface area contributed by atoms with Gasteiger partial charge in [0.25, 0.3) is 11.7 Å². The average Bonchev–Trinajstić information content (AvgIpc) is 2.99. The molecular formula is C31H29F11O8S2. The number of methoxy groups -OCH3 is 1. The van der Waals surface area contributed by atoms with Crippen molar-refractivity contribution in [2.75, 3.05) is 20.5 Å². The Labute approximate surface area is 292 Å². The molecule has 0 radical (unpaired) electrons. The molecule has 0 heterocycles. The van der Waals surface area contributed by atoms with E-state index < -0.39 is 87.0 Å². The monoisotopic (exact) mass is 802 g/mol. The first-order valence-corrected chi connectivity index (χ1v) is 17.0. The lowest BCUT2D eigenvalue weighted by atomic mass is 10.0. The van der Waals surface area contributed by atoms with E-state index in [1.165, 1.54) is 12.1 Å². The SMILES string of the molecule is COCOC(COc1ccc([S+](c2ccc(OC(C(F)(F)F)C(F)(F)S(=O)(=O)[O-])cc2)c2ccc(OC(C)(C)C)cc2)cc1)(C(F)(F)F)C(F)(F)F. The molecule has 290 valence electrons. The Morgan fingerprint density at radius 3 is 1.42 bits per heavy atom. The van der Waals surface area contributed by atoms with Crippen LogP contribution in [0.1, 0.15) is 20.8 Å². The van der Waals surface area contributed by atoms with Crippen molar-refractivity contribution in [3.63, 3.8) is 0 Å². The summed E-state index contributed by atoms with van der Waals surface area (Å²) < 4.78 is 206. The van der Waals surface area contributed by atoms with Crippen molar-refractivity contribution in [1.29, 1.82) is 0 Å². The van der Waals surface area contributed by atoms with Crippen LogP contribution in [0.25, 0.3) is 0 Å². The first-order chi connectivity index (χ1) is 23.6. The third-order valence-electron chi connectivity index (χ3n) is 6.57. The van der Waals surface area contributed by atoms with Gasteiger partial charge in [-0.1, -0.05) is 0 Å². The van der Waals surface area contributed by atoms with Gasteiger partial charge in [-0.25, -0.2) is 8.42 Å². The third-order valence-corrected chi connectivity index (χ3v) is 9.68. The topological polar surface area (TPSA) is 103 Å². The molecule has 0 saturated carbocycles. The molecule has 8 nitrogen and oxygen atoms in total. The molecule has 0 amide bonds. The van der Waals surface area contributed by atoms with E-state index in [1.807, 2.05) is 0 Å². The second kappa shape index (κ2) is 15.4. The van der Waals surface area contributed by atoms with Crippen LogP contribution in [0.3, 0.4) is 0 Å². The molecule has 0 saturated heterocycles. The summed E-state index contributed by atoms with van der Waals surface area (Å²) >= 11 is 0. The summed E-state index contributed by atoms with van der Waals surface area (Å²) in [4.78, 5) is 1.08. The van der Waals surface area contributed by atoms with Crippen molar-refractivity contribution in [1.82, 2.24) is 0 Å². The van der Waals surface area contributed by atoms with E-state index in [1.54, 1.807) is 45.0 Å². The minimum Gasteiger partial charge on any atom is -0.743 e. The standard InChI is InChI=1S/C31H29F11O8S2/c1-26(2,3)50-21-9-15-24(16-10-21)51(23-13-7-20(8-14-23)49-25(28(32,33)34)29(35,36)52(43,44)45)22-11-5-19(6-12-22)47-17-27(30(37,38)39,31(40,41)42)48-18-46-4/h5-16,25H,17-18H2,1-4H3. The van der Waals surface area contributed by atoms with Gasteiger partial charge in [-0.15, -0.1) is 0 Å². The molecular weight excluding hydrogens is 773 g/mol. The molecule has 2 unspecified atom stereocenters. The van der Waals surface area contributed by atoms with Crippen molar-refractivity contribution >= 4 is 21.0 Å². The zero-order chi connectivity index (χ0) is 39.6. The van der Waals surface area contributed by atoms with Crippen LogP contribution in [0.5, 0.6) is 17.2 Å². The largest absolute Gasteiger partial charge is 0.743 e. The third kappa shape index (κ3) is 10.1. The van der Waals surface area contributed by atoms with Crippen LogP contribution in [-0.4, -0.2) is 74.6 Å². The molecule has 0 aliphatic carbocycles. The normalized spacial score (nSPS) is 14.8. The Balaban J connectivity index is 2.03. The maximum atomic E-state index is 14.0. The van der Waals surface area contributed by atoms with Crippen LogP contribution >= 0.6 is 0 Å². The zero-order valence-electron chi connectivity index (χ0n) is 27.2. The molecule has 0 aromatic heterocycles. The van der Waals surface area contributed by atoms with Gasteiger partial charge in [-0.05, 0) is 93.6 Å². The molecule has 3 rings (SSSR count). The van der Waals surface area contributed by atoms with Gasteiger partial charge in [-0.2, -0.15) is 48.3 Å². The summed E-state index contributed by atoms with van der Waals surface area (Å²) in [5, 5.41) is -5.90. The molecule has 0 bridgehead atoms. The van der Waals surface area contributed by atoms with E-state index in [-0.39, 0.29) is 4.90 Å². The van der Waals surface area contributed by atoms with Gasteiger partial charge >= 0.3 is 23.8 Å². The summed E-state index contributed by atoms with van der Waals surface area (Å²) in [6.45, 7) is 1.92. The molecule has 21 heteroatoms. The first kappa shape index (κ1) is 42.9. The van der Waals surface area contributed by atoms with Crippen LogP contribution < -0.4 is 14.2 Å². The van der Waals surface area contributed by atoms with E-state index in [4.69, 9.17) is 9.47 Å². The Hall–Kier alpha value is -3.53. The molecule has 3 aromatic rings. The van der Waals surface area contributed by atoms with Crippen molar-refractivity contribution in [3.8, 4) is 17.2 Å². The van der Waals surface area contributed by atoms with Gasteiger partial charge in [0.05, 0.1) is 10.9 Å². The van der Waals surface area contributed by atoms with Crippen LogP contribution in [0.15, 0.2) is 87.5 Å². The predicted octanol–water partition coefficient (Wildman–Crippen LogP) is 8.27. The number of hydrogen-bond acceptors (Lipinski definition) is 8. The Bertz CT molecular complexity index is 1710. The molecule has 0 aliphatic heterocycles. The van der Waals surface area contributed by atoms with Crippen molar-refractivity contribution in [2.24, 2.45) is 0 Å². The molecule has 2 atom stereocenters. The first-order valence-electron chi connectivity index (χ1n) is 14.3. The number of ether oxygens (including phenoxy) is 5. The van der Waals surface area contributed by atoms with Gasteiger partial charge in [0.2, 0.25) is 0 Å². The number of halogens is 11. The molecule has 0 N–H and O–H groups in total. The fourth-order valence-electron chi connectivity index (χ4n) is 4.20. The van der Waals surface area contributed by atoms with E-state index in [0.717, 1.165) is 43.5 Å².